The number of halogens is 3. The largest absolute Gasteiger partial charge is 0.534 e. The summed E-state index contributed by atoms with van der Waals surface area (Å²) >= 11 is 0. The summed E-state index contributed by atoms with van der Waals surface area (Å²) < 4.78 is 61.8. The highest BCUT2D eigenvalue weighted by Crippen LogP contribution is 2.39. The van der Waals surface area contributed by atoms with Crippen LogP contribution in [0, 0.1) is 0 Å². The van der Waals surface area contributed by atoms with Gasteiger partial charge in [-0.15, -0.1) is 0 Å². The normalized spacial score (nSPS) is 18.7. The third kappa shape index (κ3) is 2.63. The van der Waals surface area contributed by atoms with Crippen molar-refractivity contribution in [1.82, 2.24) is 9.97 Å². The van der Waals surface area contributed by atoms with E-state index >= 15 is 0 Å². The first-order chi connectivity index (χ1) is 8.64. The third-order valence-corrected chi connectivity index (χ3v) is 3.66. The predicted octanol–water partition coefficient (Wildman–Crippen LogP) is 1.08. The van der Waals surface area contributed by atoms with Crippen molar-refractivity contribution in [3.63, 3.8) is 0 Å². The maximum atomic E-state index is 12.1. The molecule has 0 radical (unpaired) electrons. The van der Waals surface area contributed by atoms with Gasteiger partial charge in [-0.25, -0.2) is 4.98 Å². The van der Waals surface area contributed by atoms with Crippen molar-refractivity contribution in [2.45, 2.75) is 30.4 Å². The number of rotatable bonds is 3. The van der Waals surface area contributed by atoms with Gasteiger partial charge in [-0.2, -0.15) is 26.6 Å². The first-order valence-corrected chi connectivity index (χ1v) is 6.62. The molecule has 1 heterocycles. The van der Waals surface area contributed by atoms with E-state index in [0.29, 0.717) is 12.8 Å². The van der Waals surface area contributed by atoms with Crippen molar-refractivity contribution in [1.29, 1.82) is 0 Å². The summed E-state index contributed by atoms with van der Waals surface area (Å²) in [7, 11) is -5.77. The lowest BCUT2D eigenvalue weighted by Gasteiger charge is -2.34. The van der Waals surface area contributed by atoms with E-state index in [4.69, 9.17) is 0 Å². The van der Waals surface area contributed by atoms with Crippen LogP contribution in [0.4, 0.5) is 13.2 Å². The van der Waals surface area contributed by atoms with Gasteiger partial charge >= 0.3 is 15.6 Å². The van der Waals surface area contributed by atoms with Gasteiger partial charge in [0.25, 0.3) is 0 Å². The average molecular weight is 298 g/mol. The summed E-state index contributed by atoms with van der Waals surface area (Å²) in [6, 6.07) is 0.870. The van der Waals surface area contributed by atoms with Crippen molar-refractivity contribution in [3.8, 4) is 5.88 Å². The van der Waals surface area contributed by atoms with Gasteiger partial charge in [-0.3, -0.25) is 0 Å². The fraction of sp³-hybridized carbons (Fsp3) is 0.556. The van der Waals surface area contributed by atoms with Crippen LogP contribution in [-0.4, -0.2) is 29.0 Å². The highest BCUT2D eigenvalue weighted by Gasteiger charge is 2.49. The van der Waals surface area contributed by atoms with Crippen LogP contribution in [0.15, 0.2) is 12.3 Å². The SMILES string of the molecule is O=S(=O)(Oc1ccnc(C2(O)CCC2)n1)C(F)(F)F. The van der Waals surface area contributed by atoms with Crippen LogP contribution in [0.1, 0.15) is 25.1 Å². The van der Waals surface area contributed by atoms with Crippen molar-refractivity contribution < 1.29 is 30.9 Å². The zero-order valence-corrected chi connectivity index (χ0v) is 10.2. The molecule has 0 atom stereocenters. The number of alkyl halides is 3. The summed E-state index contributed by atoms with van der Waals surface area (Å²) in [5.41, 5.74) is -6.85. The van der Waals surface area contributed by atoms with E-state index in [-0.39, 0.29) is 5.82 Å². The molecule has 106 valence electrons. The Morgan fingerprint density at radius 1 is 1.37 bits per heavy atom. The summed E-state index contributed by atoms with van der Waals surface area (Å²) in [5, 5.41) is 9.91. The molecule has 19 heavy (non-hydrogen) atoms. The third-order valence-electron chi connectivity index (χ3n) is 2.71. The van der Waals surface area contributed by atoms with E-state index in [0.717, 1.165) is 18.7 Å². The minimum atomic E-state index is -5.77. The summed E-state index contributed by atoms with van der Waals surface area (Å²) in [6.07, 6.45) is 2.48. The smallest absolute Gasteiger partial charge is 0.382 e. The Hall–Kier alpha value is -1.42. The predicted molar refractivity (Wildman–Crippen MR) is 55.4 cm³/mol. The van der Waals surface area contributed by atoms with Crippen LogP contribution in [0.25, 0.3) is 0 Å². The van der Waals surface area contributed by atoms with Crippen molar-refractivity contribution in [2.24, 2.45) is 0 Å². The van der Waals surface area contributed by atoms with Crippen LogP contribution in [0.3, 0.4) is 0 Å². The van der Waals surface area contributed by atoms with Crippen molar-refractivity contribution in [3.05, 3.63) is 18.1 Å². The molecule has 0 spiro atoms. The molecule has 1 aliphatic rings. The topological polar surface area (TPSA) is 89.4 Å². The molecule has 6 nitrogen and oxygen atoms in total. The second kappa shape index (κ2) is 4.30. The Labute approximate surface area is 106 Å². The van der Waals surface area contributed by atoms with Crippen LogP contribution in [-0.2, 0) is 15.7 Å². The summed E-state index contributed by atoms with van der Waals surface area (Å²) in [6.45, 7) is 0. The van der Waals surface area contributed by atoms with Crippen LogP contribution >= 0.6 is 0 Å². The molecule has 1 aromatic rings. The zero-order chi connectivity index (χ0) is 14.3. The molecule has 1 fully saturated rings. The molecule has 0 saturated heterocycles. The lowest BCUT2D eigenvalue weighted by molar-refractivity contribution is -0.0508. The Kier molecular flexibility index (Phi) is 3.17. The molecule has 1 N–H and O–H groups in total. The van der Waals surface area contributed by atoms with Gasteiger partial charge in [-0.1, -0.05) is 0 Å². The quantitative estimate of drug-likeness (QED) is 0.663. The molecule has 1 aliphatic carbocycles. The highest BCUT2D eigenvalue weighted by atomic mass is 32.2. The first-order valence-electron chi connectivity index (χ1n) is 5.21. The molecule has 0 bridgehead atoms. The summed E-state index contributed by atoms with van der Waals surface area (Å²) in [4.78, 5) is 7.21. The molecule has 10 heteroatoms. The van der Waals surface area contributed by atoms with Gasteiger partial charge < -0.3 is 9.29 Å². The standard InChI is InChI=1S/C9H9F3N2O4S/c10-9(11,12)19(16,17)18-6-2-5-13-7(14-6)8(15)3-1-4-8/h2,5,15H,1,3-4H2. The number of nitrogens with zero attached hydrogens (tertiary/aromatic N) is 2. The molecule has 0 amide bonds. The van der Waals surface area contributed by atoms with Crippen LogP contribution < -0.4 is 4.18 Å². The molecule has 1 saturated carbocycles. The number of hydrogen-bond donors (Lipinski definition) is 1. The molecule has 0 aromatic carbocycles. The zero-order valence-electron chi connectivity index (χ0n) is 9.38. The first kappa shape index (κ1) is 14.0. The number of hydrogen-bond acceptors (Lipinski definition) is 6. The highest BCUT2D eigenvalue weighted by molar-refractivity contribution is 7.87. The van der Waals surface area contributed by atoms with E-state index in [1.54, 1.807) is 0 Å². The molecule has 1 aromatic heterocycles. The molecule has 0 unspecified atom stereocenters. The van der Waals surface area contributed by atoms with E-state index in [9.17, 15) is 26.7 Å². The number of aromatic nitrogens is 2. The maximum absolute atomic E-state index is 12.1. The molecule has 2 rings (SSSR count). The second-order valence-electron chi connectivity index (χ2n) is 4.09. The van der Waals surface area contributed by atoms with Gasteiger partial charge in [0.15, 0.2) is 5.82 Å². The molecular weight excluding hydrogens is 289 g/mol. The Morgan fingerprint density at radius 3 is 2.47 bits per heavy atom. The van der Waals surface area contributed by atoms with Gasteiger partial charge in [0.05, 0.1) is 0 Å². The van der Waals surface area contributed by atoms with Crippen LogP contribution in [0.2, 0.25) is 0 Å². The lowest BCUT2D eigenvalue weighted by Crippen LogP contribution is -2.36. The summed E-state index contributed by atoms with van der Waals surface area (Å²) in [5.74, 6) is -0.920. The van der Waals surface area contributed by atoms with Gasteiger partial charge in [0.2, 0.25) is 5.88 Å². The fourth-order valence-corrected chi connectivity index (χ4v) is 1.92. The number of aliphatic hydroxyl groups is 1. The average Bonchev–Trinajstić information content (AvgIpc) is 2.24. The van der Waals surface area contributed by atoms with Crippen molar-refractivity contribution in [2.75, 3.05) is 0 Å². The minimum absolute atomic E-state index is 0.145. The van der Waals surface area contributed by atoms with Gasteiger partial charge in [-0.05, 0) is 19.3 Å². The maximum Gasteiger partial charge on any atom is 0.534 e. The van der Waals surface area contributed by atoms with Gasteiger partial charge in [0, 0.05) is 12.3 Å². The Bertz CT molecular complexity index is 583. The Morgan fingerprint density at radius 2 is 2.00 bits per heavy atom. The Balaban J connectivity index is 2.26. The van der Waals surface area contributed by atoms with E-state index < -0.39 is 27.1 Å². The fourth-order valence-electron chi connectivity index (χ4n) is 1.51. The molecule has 0 aliphatic heterocycles. The second-order valence-corrected chi connectivity index (χ2v) is 5.62. The lowest BCUT2D eigenvalue weighted by atomic mass is 9.79. The minimum Gasteiger partial charge on any atom is -0.382 e. The van der Waals surface area contributed by atoms with Crippen molar-refractivity contribution >= 4 is 10.1 Å². The van der Waals surface area contributed by atoms with Crippen LogP contribution in [0.5, 0.6) is 5.88 Å². The monoisotopic (exact) mass is 298 g/mol. The van der Waals surface area contributed by atoms with E-state index in [2.05, 4.69) is 14.2 Å². The van der Waals surface area contributed by atoms with E-state index in [1.165, 1.54) is 0 Å². The molecular formula is C9H9F3N2O4S. The van der Waals surface area contributed by atoms with E-state index in [1.807, 2.05) is 0 Å². The van der Waals surface area contributed by atoms with Gasteiger partial charge in [0.1, 0.15) is 5.60 Å².